The van der Waals surface area contributed by atoms with Crippen LogP contribution < -0.4 is 4.90 Å². The number of carbonyl (C=O) groups excluding carboxylic acids is 2. The van der Waals surface area contributed by atoms with Crippen LogP contribution in [0.25, 0.3) is 0 Å². The van der Waals surface area contributed by atoms with Gasteiger partial charge in [0.1, 0.15) is 12.1 Å². The van der Waals surface area contributed by atoms with E-state index in [1.165, 1.54) is 12.8 Å². The molecule has 5 rings (SSSR count). The second-order valence-electron chi connectivity index (χ2n) is 8.54. The summed E-state index contributed by atoms with van der Waals surface area (Å²) in [4.78, 5) is 31.9. The monoisotopic (exact) mass is 418 g/mol. The van der Waals surface area contributed by atoms with Gasteiger partial charge < -0.3 is 0 Å². The molecular weight excluding hydrogens is 392 g/mol. The van der Waals surface area contributed by atoms with Crippen molar-refractivity contribution in [2.45, 2.75) is 51.1 Å². The summed E-state index contributed by atoms with van der Waals surface area (Å²) in [6.45, 7) is 1.31. The minimum atomic E-state index is -0.369. The maximum absolute atomic E-state index is 13.2. The number of amides is 1. The van der Waals surface area contributed by atoms with Gasteiger partial charge in [-0.05, 0) is 31.2 Å². The van der Waals surface area contributed by atoms with Crippen LogP contribution in [-0.2, 0) is 17.9 Å². The van der Waals surface area contributed by atoms with Crippen molar-refractivity contribution < 1.29 is 9.59 Å². The van der Waals surface area contributed by atoms with E-state index in [1.54, 1.807) is 23.0 Å². The minimum Gasteiger partial charge on any atom is -0.300 e. The molecule has 8 heteroatoms. The highest BCUT2D eigenvalue weighted by molar-refractivity contribution is 6.00. The molecule has 0 radical (unpaired) electrons. The van der Waals surface area contributed by atoms with Gasteiger partial charge in [-0.25, -0.2) is 14.3 Å². The van der Waals surface area contributed by atoms with Crippen molar-refractivity contribution in [1.82, 2.24) is 24.5 Å². The second kappa shape index (κ2) is 8.09. The lowest BCUT2D eigenvalue weighted by Gasteiger charge is -2.26. The van der Waals surface area contributed by atoms with Crippen LogP contribution in [0.4, 0.5) is 5.82 Å². The van der Waals surface area contributed by atoms with Crippen molar-refractivity contribution >= 4 is 17.5 Å². The molecule has 1 unspecified atom stereocenters. The number of anilines is 1. The average Bonchev–Trinajstić information content (AvgIpc) is 3.38. The smallest absolute Gasteiger partial charge is 0.231 e. The number of carbonyl (C=O) groups is 2. The highest BCUT2D eigenvalue weighted by Crippen LogP contribution is 2.41. The van der Waals surface area contributed by atoms with E-state index < -0.39 is 0 Å². The van der Waals surface area contributed by atoms with Gasteiger partial charge >= 0.3 is 0 Å². The maximum atomic E-state index is 13.2. The first-order valence-electron chi connectivity index (χ1n) is 10.9. The van der Waals surface area contributed by atoms with Crippen LogP contribution in [-0.4, -0.2) is 43.3 Å². The fourth-order valence-electron chi connectivity index (χ4n) is 4.21. The van der Waals surface area contributed by atoms with Gasteiger partial charge in [0.25, 0.3) is 0 Å². The highest BCUT2D eigenvalue weighted by atomic mass is 16.2. The number of ketones is 1. The normalized spacial score (nSPS) is 19.1. The molecule has 1 aliphatic carbocycles. The number of nitrogens with zero attached hydrogens (tertiary/aromatic N) is 6. The molecule has 0 bridgehead atoms. The van der Waals surface area contributed by atoms with Crippen LogP contribution >= 0.6 is 0 Å². The molecule has 160 valence electrons. The Kier molecular flexibility index (Phi) is 5.13. The minimum absolute atomic E-state index is 0.0414. The van der Waals surface area contributed by atoms with Gasteiger partial charge in [0, 0.05) is 37.9 Å². The summed E-state index contributed by atoms with van der Waals surface area (Å²) in [5, 5.41) is 9.04. The van der Waals surface area contributed by atoms with Crippen LogP contribution in [0.5, 0.6) is 0 Å². The Bertz CT molecular complexity index is 1100. The average molecular weight is 419 g/mol. The van der Waals surface area contributed by atoms with Crippen molar-refractivity contribution in [3.05, 3.63) is 59.8 Å². The Morgan fingerprint density at radius 3 is 2.71 bits per heavy atom. The predicted octanol–water partition coefficient (Wildman–Crippen LogP) is 3.05. The maximum Gasteiger partial charge on any atom is 0.231 e. The molecule has 8 nitrogen and oxygen atoms in total. The Morgan fingerprint density at radius 1 is 1.13 bits per heavy atom. The fourth-order valence-corrected chi connectivity index (χ4v) is 4.21. The molecule has 0 saturated heterocycles. The van der Waals surface area contributed by atoms with E-state index in [1.807, 2.05) is 41.1 Å². The molecule has 1 amide bonds. The summed E-state index contributed by atoms with van der Waals surface area (Å²) in [6.07, 6.45) is 5.51. The molecule has 3 aromatic rings. The molecule has 1 fully saturated rings. The van der Waals surface area contributed by atoms with Crippen molar-refractivity contribution in [2.24, 2.45) is 5.92 Å². The number of fused-ring (bicyclic) bond motifs is 1. The zero-order valence-electron chi connectivity index (χ0n) is 17.6. The van der Waals surface area contributed by atoms with Gasteiger partial charge in [-0.3, -0.25) is 14.5 Å². The number of hydrogen-bond acceptors (Lipinski definition) is 5. The number of benzene rings is 1. The predicted molar refractivity (Wildman–Crippen MR) is 115 cm³/mol. The van der Waals surface area contributed by atoms with E-state index >= 15 is 0 Å². The van der Waals surface area contributed by atoms with E-state index in [0.717, 1.165) is 30.0 Å². The van der Waals surface area contributed by atoms with Gasteiger partial charge in [-0.1, -0.05) is 30.3 Å². The van der Waals surface area contributed by atoms with Gasteiger partial charge in [0.05, 0.1) is 12.2 Å². The molecular formula is C23H26N6O2. The van der Waals surface area contributed by atoms with Crippen molar-refractivity contribution in [1.29, 1.82) is 0 Å². The first kappa shape index (κ1) is 19.7. The summed E-state index contributed by atoms with van der Waals surface area (Å²) < 4.78 is 3.60. The molecule has 0 spiro atoms. The van der Waals surface area contributed by atoms with Crippen LogP contribution in [0.2, 0.25) is 0 Å². The number of Topliss-reactive ketones (excluding diaryl/α,β-unsaturated/α-hetero) is 1. The molecule has 2 aromatic heterocycles. The van der Waals surface area contributed by atoms with E-state index in [-0.39, 0.29) is 29.9 Å². The Balaban J connectivity index is 1.27. The first-order valence-corrected chi connectivity index (χ1v) is 10.9. The Hall–Kier alpha value is -3.29. The third-order valence-electron chi connectivity index (χ3n) is 6.12. The molecule has 0 N–H and O–H groups in total. The van der Waals surface area contributed by atoms with Crippen molar-refractivity contribution in [3.8, 4) is 0 Å². The van der Waals surface area contributed by atoms with Crippen LogP contribution in [0.3, 0.4) is 0 Å². The van der Waals surface area contributed by atoms with Crippen LogP contribution in [0, 0.1) is 5.92 Å². The lowest BCUT2D eigenvalue weighted by molar-refractivity contribution is -0.122. The zero-order chi connectivity index (χ0) is 21.4. The third-order valence-corrected chi connectivity index (χ3v) is 6.12. The third kappa shape index (κ3) is 4.15. The van der Waals surface area contributed by atoms with E-state index in [9.17, 15) is 9.59 Å². The SMILES string of the molecule is CN1C(=O)C(CC(=O)c2ncn(Cc3ccccc3)n2)CCCn2nc(C3CC3)cc21. The van der Waals surface area contributed by atoms with Crippen molar-refractivity contribution in [3.63, 3.8) is 0 Å². The quantitative estimate of drug-likeness (QED) is 0.575. The summed E-state index contributed by atoms with van der Waals surface area (Å²) in [6, 6.07) is 11.9. The molecule has 3 heterocycles. The summed E-state index contributed by atoms with van der Waals surface area (Å²) in [7, 11) is 1.78. The number of rotatable bonds is 6. The molecule has 1 aliphatic heterocycles. The zero-order valence-corrected chi connectivity index (χ0v) is 17.6. The van der Waals surface area contributed by atoms with Gasteiger partial charge in [-0.15, -0.1) is 5.10 Å². The lowest BCUT2D eigenvalue weighted by atomic mass is 9.94. The van der Waals surface area contributed by atoms with E-state index in [0.29, 0.717) is 18.9 Å². The van der Waals surface area contributed by atoms with Gasteiger partial charge in [0.15, 0.2) is 0 Å². The summed E-state index contributed by atoms with van der Waals surface area (Å²) in [5.41, 5.74) is 2.17. The molecule has 1 aromatic carbocycles. The lowest BCUT2D eigenvalue weighted by Crippen LogP contribution is -2.37. The molecule has 1 saturated carbocycles. The van der Waals surface area contributed by atoms with Gasteiger partial charge in [-0.2, -0.15) is 5.10 Å². The van der Waals surface area contributed by atoms with Crippen LogP contribution in [0.1, 0.15) is 59.9 Å². The number of aryl methyl sites for hydroxylation is 1. The first-order chi connectivity index (χ1) is 15.1. The van der Waals surface area contributed by atoms with Crippen molar-refractivity contribution in [2.75, 3.05) is 11.9 Å². The topological polar surface area (TPSA) is 85.9 Å². The Labute approximate surface area is 180 Å². The summed E-state index contributed by atoms with van der Waals surface area (Å²) in [5.74, 6) is 0.945. The molecule has 1 atom stereocenters. The fraction of sp³-hybridized carbons (Fsp3) is 0.435. The largest absolute Gasteiger partial charge is 0.300 e. The van der Waals surface area contributed by atoms with Gasteiger partial charge in [0.2, 0.25) is 17.5 Å². The van der Waals surface area contributed by atoms with Crippen LogP contribution in [0.15, 0.2) is 42.7 Å². The number of hydrogen-bond donors (Lipinski definition) is 0. The number of aromatic nitrogens is 5. The highest BCUT2D eigenvalue weighted by Gasteiger charge is 2.33. The second-order valence-corrected chi connectivity index (χ2v) is 8.54. The molecule has 2 aliphatic rings. The van der Waals surface area contributed by atoms with E-state index in [4.69, 9.17) is 5.10 Å². The Morgan fingerprint density at radius 2 is 1.94 bits per heavy atom. The van der Waals surface area contributed by atoms with E-state index in [2.05, 4.69) is 10.1 Å². The summed E-state index contributed by atoms with van der Waals surface area (Å²) >= 11 is 0. The standard InChI is InChI=1S/C23H26N6O2/c1-27-21-13-19(17-9-10-17)25-29(21)11-5-8-18(23(27)31)12-20(30)22-24-15-28(26-22)14-16-6-3-2-4-7-16/h2-4,6-7,13,15,17-18H,5,8-12,14H2,1H3. The molecule has 31 heavy (non-hydrogen) atoms.